The lowest BCUT2D eigenvalue weighted by molar-refractivity contribution is 1.30. The predicted molar refractivity (Wildman–Crippen MR) is 225 cm³/mol. The largest absolute Gasteiger partial charge is 0.310 e. The topological polar surface area (TPSA) is 3.24 Å². The molecule has 0 spiro atoms. The highest BCUT2D eigenvalue weighted by molar-refractivity contribution is 7.26. The highest BCUT2D eigenvalue weighted by Crippen LogP contribution is 2.44. The zero-order chi connectivity index (χ0) is 33.5. The number of hydrogen-bond acceptors (Lipinski definition) is 3. The Morgan fingerprint density at radius 3 is 1.65 bits per heavy atom. The van der Waals surface area contributed by atoms with Crippen LogP contribution in [0, 0.1) is 0 Å². The third kappa shape index (κ3) is 4.59. The van der Waals surface area contributed by atoms with Crippen molar-refractivity contribution >= 4 is 112 Å². The molecule has 2 aromatic heterocycles. The molecule has 0 aliphatic carbocycles. The fourth-order valence-electron chi connectivity index (χ4n) is 7.97. The monoisotopic (exact) mass is 683 g/mol. The number of hydrogen-bond donors (Lipinski definition) is 0. The molecule has 0 saturated heterocycles. The van der Waals surface area contributed by atoms with Crippen molar-refractivity contribution < 1.29 is 0 Å². The Balaban J connectivity index is 1.04. The van der Waals surface area contributed by atoms with Crippen molar-refractivity contribution in [1.29, 1.82) is 0 Å². The molecular formula is C48H29NS2. The van der Waals surface area contributed by atoms with Crippen molar-refractivity contribution in [2.45, 2.75) is 0 Å². The second-order valence-electron chi connectivity index (χ2n) is 13.3. The number of thiophene rings is 2. The van der Waals surface area contributed by atoms with Crippen LogP contribution in [0.1, 0.15) is 0 Å². The van der Waals surface area contributed by atoms with Gasteiger partial charge in [-0.25, -0.2) is 0 Å². The number of anilines is 3. The zero-order valence-corrected chi connectivity index (χ0v) is 29.1. The summed E-state index contributed by atoms with van der Waals surface area (Å²) in [6.45, 7) is 0. The van der Waals surface area contributed by atoms with Crippen LogP contribution >= 0.6 is 22.7 Å². The number of benzene rings is 9. The molecule has 0 amide bonds. The summed E-state index contributed by atoms with van der Waals surface area (Å²) in [5.41, 5.74) is 5.88. The summed E-state index contributed by atoms with van der Waals surface area (Å²) >= 11 is 3.73. The molecule has 0 saturated carbocycles. The van der Waals surface area contributed by atoms with E-state index >= 15 is 0 Å². The Kier molecular flexibility index (Phi) is 6.36. The summed E-state index contributed by atoms with van der Waals surface area (Å²) in [7, 11) is 0. The lowest BCUT2D eigenvalue weighted by Crippen LogP contribution is -2.09. The molecule has 3 heteroatoms. The molecular weight excluding hydrogens is 655 g/mol. The van der Waals surface area contributed by atoms with Crippen molar-refractivity contribution in [3.63, 3.8) is 0 Å². The van der Waals surface area contributed by atoms with Gasteiger partial charge in [0.05, 0.1) is 0 Å². The van der Waals surface area contributed by atoms with Crippen molar-refractivity contribution in [2.24, 2.45) is 0 Å². The SMILES string of the molecule is c1ccc2c(c1)ccc1ccc3cc(-c4ccc(N(c5ccc6c(c5)sc5ccccc56)c5ccc6sc7ccccc7c6c5)cc4)ccc3c12. The molecule has 0 fully saturated rings. The molecule has 0 atom stereocenters. The van der Waals surface area contributed by atoms with Gasteiger partial charge in [0.1, 0.15) is 0 Å². The summed E-state index contributed by atoms with van der Waals surface area (Å²) in [5, 5.41) is 13.0. The van der Waals surface area contributed by atoms with Gasteiger partial charge >= 0.3 is 0 Å². The van der Waals surface area contributed by atoms with Gasteiger partial charge in [-0.15, -0.1) is 22.7 Å². The predicted octanol–water partition coefficient (Wildman–Crippen LogP) is 15.0. The van der Waals surface area contributed by atoms with Crippen LogP contribution in [0.25, 0.3) is 83.8 Å². The first-order chi connectivity index (χ1) is 25.2. The van der Waals surface area contributed by atoms with Crippen LogP contribution in [0.5, 0.6) is 0 Å². The standard InChI is InChI=1S/C48H29NS2/c1-2-8-38-31(7-1)13-14-32-15-16-34-27-33(19-24-39(34)48(32)38)30-17-20-35(21-18-30)49(36-23-26-46-43(28-36)41-10-4-6-12-45(41)50-46)37-22-25-42-40-9-3-5-11-44(40)51-47(42)29-37/h1-29H. The van der Waals surface area contributed by atoms with E-state index in [1.54, 1.807) is 0 Å². The van der Waals surface area contributed by atoms with E-state index in [1.807, 2.05) is 22.7 Å². The molecule has 0 unspecified atom stereocenters. The number of fused-ring (bicyclic) bond motifs is 11. The van der Waals surface area contributed by atoms with E-state index < -0.39 is 0 Å². The van der Waals surface area contributed by atoms with E-state index in [9.17, 15) is 0 Å². The highest BCUT2D eigenvalue weighted by Gasteiger charge is 2.17. The van der Waals surface area contributed by atoms with E-state index in [2.05, 4.69) is 181 Å². The smallest absolute Gasteiger partial charge is 0.0476 e. The zero-order valence-electron chi connectivity index (χ0n) is 27.5. The van der Waals surface area contributed by atoms with Crippen LogP contribution < -0.4 is 4.90 Å². The molecule has 0 N–H and O–H groups in total. The van der Waals surface area contributed by atoms with E-state index in [0.29, 0.717) is 0 Å². The molecule has 238 valence electrons. The maximum atomic E-state index is 2.41. The molecule has 2 heterocycles. The number of rotatable bonds is 4. The Bertz CT molecular complexity index is 3150. The average molecular weight is 684 g/mol. The second kappa shape index (κ2) is 11.3. The third-order valence-corrected chi connectivity index (χ3v) is 12.7. The fraction of sp³-hybridized carbons (Fsp3) is 0. The maximum Gasteiger partial charge on any atom is 0.0476 e. The Labute approximate surface area is 302 Å². The fourth-order valence-corrected chi connectivity index (χ4v) is 10.2. The van der Waals surface area contributed by atoms with Crippen molar-refractivity contribution in [2.75, 3.05) is 4.90 Å². The Morgan fingerprint density at radius 1 is 0.294 bits per heavy atom. The average Bonchev–Trinajstić information content (AvgIpc) is 3.75. The molecule has 0 aliphatic heterocycles. The summed E-state index contributed by atoms with van der Waals surface area (Å²) < 4.78 is 5.26. The van der Waals surface area contributed by atoms with Gasteiger partial charge in [-0.3, -0.25) is 0 Å². The molecule has 1 nitrogen and oxygen atoms in total. The van der Waals surface area contributed by atoms with Crippen LogP contribution in [0.15, 0.2) is 176 Å². The summed E-state index contributed by atoms with van der Waals surface area (Å²) in [4.78, 5) is 2.41. The lowest BCUT2D eigenvalue weighted by Gasteiger charge is -2.26. The van der Waals surface area contributed by atoms with Gasteiger partial charge in [0.15, 0.2) is 0 Å². The van der Waals surface area contributed by atoms with E-state index in [4.69, 9.17) is 0 Å². The van der Waals surface area contributed by atoms with Crippen LogP contribution in [0.4, 0.5) is 17.1 Å². The molecule has 11 aromatic rings. The van der Waals surface area contributed by atoms with Gasteiger partial charge in [-0.1, -0.05) is 115 Å². The normalized spacial score (nSPS) is 11.9. The van der Waals surface area contributed by atoms with Crippen LogP contribution in [0.3, 0.4) is 0 Å². The molecule has 51 heavy (non-hydrogen) atoms. The molecule has 11 rings (SSSR count). The van der Waals surface area contributed by atoms with Crippen molar-refractivity contribution in [1.82, 2.24) is 0 Å². The minimum Gasteiger partial charge on any atom is -0.310 e. The van der Waals surface area contributed by atoms with Crippen molar-refractivity contribution in [3.8, 4) is 11.1 Å². The van der Waals surface area contributed by atoms with Gasteiger partial charge in [0.25, 0.3) is 0 Å². The van der Waals surface area contributed by atoms with Crippen molar-refractivity contribution in [3.05, 3.63) is 176 Å². The van der Waals surface area contributed by atoms with E-state index in [0.717, 1.165) is 17.1 Å². The summed E-state index contributed by atoms with van der Waals surface area (Å²) in [6, 6.07) is 65.1. The highest BCUT2D eigenvalue weighted by atomic mass is 32.1. The second-order valence-corrected chi connectivity index (χ2v) is 15.5. The van der Waals surface area contributed by atoms with Gasteiger partial charge in [0, 0.05) is 57.4 Å². The van der Waals surface area contributed by atoms with Gasteiger partial charge < -0.3 is 4.90 Å². The number of nitrogens with zero attached hydrogens (tertiary/aromatic N) is 1. The quantitative estimate of drug-likeness (QED) is 0.167. The Morgan fingerprint density at radius 2 is 0.824 bits per heavy atom. The van der Waals surface area contributed by atoms with Gasteiger partial charge in [-0.05, 0) is 104 Å². The van der Waals surface area contributed by atoms with Crippen LogP contribution in [-0.4, -0.2) is 0 Å². The van der Waals surface area contributed by atoms with E-state index in [-0.39, 0.29) is 0 Å². The molecule has 0 bridgehead atoms. The lowest BCUT2D eigenvalue weighted by atomic mass is 9.94. The first-order valence-electron chi connectivity index (χ1n) is 17.3. The van der Waals surface area contributed by atoms with Crippen LogP contribution in [0.2, 0.25) is 0 Å². The van der Waals surface area contributed by atoms with Gasteiger partial charge in [-0.2, -0.15) is 0 Å². The maximum absolute atomic E-state index is 2.41. The molecule has 0 aliphatic rings. The molecule has 9 aromatic carbocycles. The van der Waals surface area contributed by atoms with E-state index in [1.165, 1.54) is 83.8 Å². The summed E-state index contributed by atoms with van der Waals surface area (Å²) in [6.07, 6.45) is 0. The minimum atomic E-state index is 1.14. The summed E-state index contributed by atoms with van der Waals surface area (Å²) in [5.74, 6) is 0. The first kappa shape index (κ1) is 28.8. The third-order valence-electron chi connectivity index (χ3n) is 10.4. The van der Waals surface area contributed by atoms with Gasteiger partial charge in [0.2, 0.25) is 0 Å². The first-order valence-corrected chi connectivity index (χ1v) is 19.0. The van der Waals surface area contributed by atoms with Crippen LogP contribution in [-0.2, 0) is 0 Å². The minimum absolute atomic E-state index is 1.14. The molecule has 0 radical (unpaired) electrons. The Hall–Kier alpha value is -6.00.